The molecular weight excluding hydrogens is 118 g/mol. The minimum absolute atomic E-state index is 0.0108. The highest BCUT2D eigenvalue weighted by Crippen LogP contribution is 2.08. The van der Waals surface area contributed by atoms with Gasteiger partial charge in [0.2, 0.25) is 0 Å². The zero-order chi connectivity index (χ0) is 6.69. The Bertz CT molecular complexity index is 85.1. The monoisotopic (exact) mass is 131 g/mol. The van der Waals surface area contributed by atoms with Gasteiger partial charge in [0, 0.05) is 6.54 Å². The maximum Gasteiger partial charge on any atom is 0.155 e. The van der Waals surface area contributed by atoms with Crippen molar-refractivity contribution in [3.05, 3.63) is 0 Å². The van der Waals surface area contributed by atoms with Gasteiger partial charge in [-0.3, -0.25) is 0 Å². The Hall–Kier alpha value is -0.120. The molecule has 0 aromatic heterocycles. The van der Waals surface area contributed by atoms with Crippen LogP contribution in [0.5, 0.6) is 0 Å². The molecule has 0 aromatic rings. The van der Waals surface area contributed by atoms with Gasteiger partial charge in [-0.1, -0.05) is 0 Å². The number of rotatable bonds is 2. The van der Waals surface area contributed by atoms with Crippen molar-refractivity contribution in [3.63, 3.8) is 0 Å². The maximum atomic E-state index is 5.32. The summed E-state index contributed by atoms with van der Waals surface area (Å²) in [5, 5.41) is 3.03. The molecule has 3 heteroatoms. The summed E-state index contributed by atoms with van der Waals surface area (Å²) in [6.45, 7) is 3.52. The van der Waals surface area contributed by atoms with E-state index in [1.807, 2.05) is 14.0 Å². The van der Waals surface area contributed by atoms with Crippen molar-refractivity contribution in [3.8, 4) is 0 Å². The van der Waals surface area contributed by atoms with Gasteiger partial charge < -0.3 is 14.8 Å². The molecule has 1 N–H and O–H groups in total. The molecule has 1 heterocycles. The number of likely N-dealkylation sites (N-methyl/N-ethyl adjacent to an activating group) is 1. The Labute approximate surface area is 55.3 Å². The van der Waals surface area contributed by atoms with Crippen LogP contribution < -0.4 is 5.32 Å². The van der Waals surface area contributed by atoms with E-state index in [1.165, 1.54) is 0 Å². The molecule has 0 bridgehead atoms. The van der Waals surface area contributed by atoms with Crippen LogP contribution in [0.4, 0.5) is 0 Å². The Morgan fingerprint density at radius 1 is 1.67 bits per heavy atom. The molecule has 0 aliphatic carbocycles. The highest BCUT2D eigenvalue weighted by Gasteiger charge is 2.20. The zero-order valence-electron chi connectivity index (χ0n) is 5.89. The van der Waals surface area contributed by atoms with Gasteiger partial charge in [-0.2, -0.15) is 0 Å². The summed E-state index contributed by atoms with van der Waals surface area (Å²) in [7, 11) is 1.91. The first kappa shape index (κ1) is 6.99. The lowest BCUT2D eigenvalue weighted by atomic mass is 10.4. The molecule has 0 amide bonds. The first-order valence-electron chi connectivity index (χ1n) is 3.24. The lowest BCUT2D eigenvalue weighted by molar-refractivity contribution is -0.0413. The fraction of sp³-hybridized carbons (Fsp3) is 1.00. The molecular formula is C6H13NO2. The molecule has 2 atom stereocenters. The van der Waals surface area contributed by atoms with E-state index in [9.17, 15) is 0 Å². The highest BCUT2D eigenvalue weighted by atomic mass is 16.7. The minimum atomic E-state index is -0.0108. The molecule has 1 unspecified atom stereocenters. The summed E-state index contributed by atoms with van der Waals surface area (Å²) in [6.07, 6.45) is 0.244. The first-order valence-corrected chi connectivity index (χ1v) is 3.24. The van der Waals surface area contributed by atoms with Crippen molar-refractivity contribution < 1.29 is 9.47 Å². The summed E-state index contributed by atoms with van der Waals surface area (Å²) >= 11 is 0. The molecule has 3 nitrogen and oxygen atoms in total. The molecule has 1 aliphatic rings. The van der Waals surface area contributed by atoms with Gasteiger partial charge in [0.25, 0.3) is 0 Å². The van der Waals surface area contributed by atoms with Gasteiger partial charge in [-0.25, -0.2) is 0 Å². The molecule has 0 aromatic carbocycles. The summed E-state index contributed by atoms with van der Waals surface area (Å²) in [5.74, 6) is 0. The van der Waals surface area contributed by atoms with Crippen LogP contribution in [0, 0.1) is 0 Å². The third kappa shape index (κ3) is 1.93. The Morgan fingerprint density at radius 2 is 2.44 bits per heavy atom. The average molecular weight is 131 g/mol. The molecule has 1 rings (SSSR count). The van der Waals surface area contributed by atoms with Crippen molar-refractivity contribution in [2.75, 3.05) is 20.2 Å². The number of hydrogen-bond acceptors (Lipinski definition) is 3. The Balaban J connectivity index is 2.14. The molecule has 1 fully saturated rings. The van der Waals surface area contributed by atoms with E-state index in [0.29, 0.717) is 0 Å². The third-order valence-corrected chi connectivity index (χ3v) is 1.33. The lowest BCUT2D eigenvalue weighted by Gasteiger charge is -2.05. The Morgan fingerprint density at radius 3 is 2.89 bits per heavy atom. The predicted molar refractivity (Wildman–Crippen MR) is 34.2 cm³/mol. The van der Waals surface area contributed by atoms with Crippen LogP contribution in [-0.4, -0.2) is 32.6 Å². The van der Waals surface area contributed by atoms with Crippen molar-refractivity contribution in [2.45, 2.75) is 19.3 Å². The van der Waals surface area contributed by atoms with Crippen molar-refractivity contribution in [1.82, 2.24) is 5.32 Å². The van der Waals surface area contributed by atoms with Crippen molar-refractivity contribution >= 4 is 0 Å². The van der Waals surface area contributed by atoms with Gasteiger partial charge in [0.15, 0.2) is 6.29 Å². The van der Waals surface area contributed by atoms with Crippen LogP contribution in [0.2, 0.25) is 0 Å². The molecule has 9 heavy (non-hydrogen) atoms. The van der Waals surface area contributed by atoms with E-state index < -0.39 is 0 Å². The predicted octanol–water partition coefficient (Wildman–Crippen LogP) is -0.0328. The summed E-state index contributed by atoms with van der Waals surface area (Å²) in [6, 6.07) is 0. The molecule has 0 saturated carbocycles. The summed E-state index contributed by atoms with van der Waals surface area (Å²) in [4.78, 5) is 0. The number of ether oxygens (including phenoxy) is 2. The van der Waals surface area contributed by atoms with Crippen LogP contribution in [0.3, 0.4) is 0 Å². The van der Waals surface area contributed by atoms with Crippen molar-refractivity contribution in [1.29, 1.82) is 0 Å². The van der Waals surface area contributed by atoms with E-state index in [1.54, 1.807) is 0 Å². The standard InChI is InChI=1S/C6H13NO2/c1-5-8-4-6(9-5)3-7-2/h5-7H,3-4H2,1-2H3/t5?,6-/m1/s1. The Kier molecular flexibility index (Phi) is 2.45. The van der Waals surface area contributed by atoms with Crippen LogP contribution in [0.25, 0.3) is 0 Å². The maximum absolute atomic E-state index is 5.32. The van der Waals surface area contributed by atoms with Crippen molar-refractivity contribution in [2.24, 2.45) is 0 Å². The zero-order valence-corrected chi connectivity index (χ0v) is 5.89. The minimum Gasteiger partial charge on any atom is -0.350 e. The molecule has 1 aliphatic heterocycles. The van der Waals surface area contributed by atoms with E-state index in [0.717, 1.165) is 13.2 Å². The molecule has 0 radical (unpaired) electrons. The van der Waals surface area contributed by atoms with Crippen LogP contribution >= 0.6 is 0 Å². The number of nitrogens with one attached hydrogen (secondary N) is 1. The van der Waals surface area contributed by atoms with Gasteiger partial charge >= 0.3 is 0 Å². The quantitative estimate of drug-likeness (QED) is 0.570. The van der Waals surface area contributed by atoms with Crippen LogP contribution in [0.1, 0.15) is 6.92 Å². The number of hydrogen-bond donors (Lipinski definition) is 1. The normalized spacial score (nSPS) is 35.3. The average Bonchev–Trinajstić information content (AvgIpc) is 2.17. The second kappa shape index (κ2) is 3.15. The second-order valence-electron chi connectivity index (χ2n) is 2.22. The van der Waals surface area contributed by atoms with E-state index in [-0.39, 0.29) is 12.4 Å². The van der Waals surface area contributed by atoms with Gasteiger partial charge in [-0.05, 0) is 14.0 Å². The third-order valence-electron chi connectivity index (χ3n) is 1.33. The highest BCUT2D eigenvalue weighted by molar-refractivity contribution is 4.64. The fourth-order valence-electron chi connectivity index (χ4n) is 0.927. The van der Waals surface area contributed by atoms with E-state index >= 15 is 0 Å². The molecule has 54 valence electrons. The van der Waals surface area contributed by atoms with Crippen LogP contribution in [0.15, 0.2) is 0 Å². The molecule has 0 spiro atoms. The first-order chi connectivity index (χ1) is 4.33. The largest absolute Gasteiger partial charge is 0.350 e. The fourth-order valence-corrected chi connectivity index (χ4v) is 0.927. The smallest absolute Gasteiger partial charge is 0.155 e. The SMILES string of the molecule is CNC[C@@H]1COC(C)O1. The second-order valence-corrected chi connectivity index (χ2v) is 2.22. The molecule has 1 saturated heterocycles. The topological polar surface area (TPSA) is 30.5 Å². The van der Waals surface area contributed by atoms with E-state index in [2.05, 4.69) is 5.32 Å². The van der Waals surface area contributed by atoms with Gasteiger partial charge in [-0.15, -0.1) is 0 Å². The summed E-state index contributed by atoms with van der Waals surface area (Å²) in [5.41, 5.74) is 0. The van der Waals surface area contributed by atoms with Gasteiger partial charge in [0.05, 0.1) is 12.7 Å². The lowest BCUT2D eigenvalue weighted by Crippen LogP contribution is -2.25. The van der Waals surface area contributed by atoms with Gasteiger partial charge in [0.1, 0.15) is 0 Å². The van der Waals surface area contributed by atoms with Crippen LogP contribution in [-0.2, 0) is 9.47 Å². The summed E-state index contributed by atoms with van der Waals surface area (Å²) < 4.78 is 10.5. The van der Waals surface area contributed by atoms with E-state index in [4.69, 9.17) is 9.47 Å².